The van der Waals surface area contributed by atoms with Crippen molar-refractivity contribution in [3.05, 3.63) is 41.2 Å². The van der Waals surface area contributed by atoms with E-state index in [0.29, 0.717) is 11.7 Å². The van der Waals surface area contributed by atoms with E-state index in [1.807, 2.05) is 24.3 Å². The van der Waals surface area contributed by atoms with Crippen LogP contribution in [0.5, 0.6) is 0 Å². The summed E-state index contributed by atoms with van der Waals surface area (Å²) in [5.41, 5.74) is 5.82. The molecule has 0 atom stereocenters. The molecule has 0 aliphatic heterocycles. The van der Waals surface area contributed by atoms with Crippen molar-refractivity contribution in [3.63, 3.8) is 0 Å². The standard InChI is InChI=1S/C13H12ClN3S/c14-9-2-1-3-10(6-9)18-12-7-11(15)16-13(17-12)8-4-5-8/h1-3,6-8H,4-5H2,(H2,15,16,17). The van der Waals surface area contributed by atoms with Crippen LogP contribution < -0.4 is 5.73 Å². The Morgan fingerprint density at radius 3 is 2.78 bits per heavy atom. The number of nitrogen functional groups attached to an aromatic ring is 1. The number of anilines is 1. The number of hydrogen-bond acceptors (Lipinski definition) is 4. The highest BCUT2D eigenvalue weighted by Gasteiger charge is 2.27. The van der Waals surface area contributed by atoms with Gasteiger partial charge in [0, 0.05) is 21.9 Å². The monoisotopic (exact) mass is 277 g/mol. The molecule has 0 bridgehead atoms. The maximum absolute atomic E-state index is 5.96. The zero-order valence-corrected chi connectivity index (χ0v) is 11.2. The zero-order chi connectivity index (χ0) is 12.5. The van der Waals surface area contributed by atoms with E-state index < -0.39 is 0 Å². The first kappa shape index (κ1) is 11.8. The van der Waals surface area contributed by atoms with Crippen molar-refractivity contribution in [2.24, 2.45) is 0 Å². The van der Waals surface area contributed by atoms with Crippen LogP contribution in [0.1, 0.15) is 24.6 Å². The molecule has 5 heteroatoms. The van der Waals surface area contributed by atoms with Gasteiger partial charge in [-0.3, -0.25) is 0 Å². The van der Waals surface area contributed by atoms with E-state index in [1.54, 1.807) is 17.8 Å². The predicted octanol–water partition coefficient (Wildman–Crippen LogP) is 3.74. The first-order valence-corrected chi connectivity index (χ1v) is 6.98. The molecule has 92 valence electrons. The summed E-state index contributed by atoms with van der Waals surface area (Å²) in [6.07, 6.45) is 2.34. The molecule has 3 rings (SSSR count). The molecular formula is C13H12ClN3S. The van der Waals surface area contributed by atoms with Crippen molar-refractivity contribution in [1.82, 2.24) is 9.97 Å². The van der Waals surface area contributed by atoms with Crippen LogP contribution in [0.3, 0.4) is 0 Å². The Morgan fingerprint density at radius 2 is 2.06 bits per heavy atom. The quantitative estimate of drug-likeness (QED) is 0.869. The van der Waals surface area contributed by atoms with Gasteiger partial charge in [0.15, 0.2) is 0 Å². The maximum Gasteiger partial charge on any atom is 0.135 e. The summed E-state index contributed by atoms with van der Waals surface area (Å²) < 4.78 is 0. The van der Waals surface area contributed by atoms with Gasteiger partial charge in [-0.2, -0.15) is 0 Å². The number of rotatable bonds is 3. The van der Waals surface area contributed by atoms with Gasteiger partial charge in [0.1, 0.15) is 16.7 Å². The van der Waals surface area contributed by atoms with Crippen molar-refractivity contribution < 1.29 is 0 Å². The number of halogens is 1. The van der Waals surface area contributed by atoms with Crippen molar-refractivity contribution >= 4 is 29.2 Å². The third-order valence-electron chi connectivity index (χ3n) is 2.70. The summed E-state index contributed by atoms with van der Waals surface area (Å²) in [6, 6.07) is 9.51. The number of nitrogens with two attached hydrogens (primary N) is 1. The summed E-state index contributed by atoms with van der Waals surface area (Å²) in [6.45, 7) is 0. The summed E-state index contributed by atoms with van der Waals surface area (Å²) in [7, 11) is 0. The number of aromatic nitrogens is 2. The van der Waals surface area contributed by atoms with E-state index >= 15 is 0 Å². The molecule has 0 saturated heterocycles. The lowest BCUT2D eigenvalue weighted by atomic mass is 10.4. The molecule has 1 aliphatic carbocycles. The normalized spacial score (nSPS) is 14.7. The van der Waals surface area contributed by atoms with Crippen LogP contribution in [0, 0.1) is 0 Å². The van der Waals surface area contributed by atoms with Gasteiger partial charge >= 0.3 is 0 Å². The van der Waals surface area contributed by atoms with Crippen molar-refractivity contribution in [2.45, 2.75) is 28.7 Å². The van der Waals surface area contributed by atoms with Crippen molar-refractivity contribution in [2.75, 3.05) is 5.73 Å². The Balaban J connectivity index is 1.87. The molecule has 1 heterocycles. The predicted molar refractivity (Wildman–Crippen MR) is 74.0 cm³/mol. The molecule has 0 radical (unpaired) electrons. The minimum Gasteiger partial charge on any atom is -0.384 e. The van der Waals surface area contributed by atoms with Gasteiger partial charge in [0.05, 0.1) is 0 Å². The summed E-state index contributed by atoms with van der Waals surface area (Å²) in [5, 5.41) is 1.61. The second-order valence-corrected chi connectivity index (χ2v) is 5.85. The van der Waals surface area contributed by atoms with Crippen LogP contribution in [0.4, 0.5) is 5.82 Å². The third-order valence-corrected chi connectivity index (χ3v) is 3.84. The number of benzene rings is 1. The van der Waals surface area contributed by atoms with Crippen molar-refractivity contribution in [1.29, 1.82) is 0 Å². The molecular weight excluding hydrogens is 266 g/mol. The molecule has 1 fully saturated rings. The molecule has 18 heavy (non-hydrogen) atoms. The lowest BCUT2D eigenvalue weighted by Gasteiger charge is -2.05. The van der Waals surface area contributed by atoms with Gasteiger partial charge in [0.2, 0.25) is 0 Å². The fourth-order valence-electron chi connectivity index (χ4n) is 1.69. The van der Waals surface area contributed by atoms with Gasteiger partial charge in [-0.25, -0.2) is 9.97 Å². The highest BCUT2D eigenvalue weighted by atomic mass is 35.5. The first-order chi connectivity index (χ1) is 8.70. The van der Waals surface area contributed by atoms with Crippen LogP contribution in [-0.4, -0.2) is 9.97 Å². The topological polar surface area (TPSA) is 51.8 Å². The average molecular weight is 278 g/mol. The lowest BCUT2D eigenvalue weighted by Crippen LogP contribution is -1.99. The summed E-state index contributed by atoms with van der Waals surface area (Å²) in [5.74, 6) is 1.92. The molecule has 1 saturated carbocycles. The largest absolute Gasteiger partial charge is 0.384 e. The van der Waals surface area contributed by atoms with Crippen LogP contribution in [0.15, 0.2) is 40.3 Å². The third kappa shape index (κ3) is 2.76. The lowest BCUT2D eigenvalue weighted by molar-refractivity contribution is 0.884. The van der Waals surface area contributed by atoms with E-state index in [4.69, 9.17) is 17.3 Å². The molecule has 1 aromatic carbocycles. The highest BCUT2D eigenvalue weighted by molar-refractivity contribution is 7.99. The van der Waals surface area contributed by atoms with E-state index in [9.17, 15) is 0 Å². The highest BCUT2D eigenvalue weighted by Crippen LogP contribution is 2.39. The fourth-order valence-corrected chi connectivity index (χ4v) is 2.84. The van der Waals surface area contributed by atoms with Gasteiger partial charge < -0.3 is 5.73 Å². The minimum absolute atomic E-state index is 0.507. The van der Waals surface area contributed by atoms with Gasteiger partial charge in [0.25, 0.3) is 0 Å². The molecule has 2 aromatic rings. The van der Waals surface area contributed by atoms with Crippen molar-refractivity contribution in [3.8, 4) is 0 Å². The fraction of sp³-hybridized carbons (Fsp3) is 0.231. The van der Waals surface area contributed by atoms with Gasteiger partial charge in [-0.1, -0.05) is 29.4 Å². The van der Waals surface area contributed by atoms with Crippen LogP contribution in [0.25, 0.3) is 0 Å². The van der Waals surface area contributed by atoms with E-state index in [2.05, 4.69) is 9.97 Å². The van der Waals surface area contributed by atoms with Crippen LogP contribution in [-0.2, 0) is 0 Å². The molecule has 0 amide bonds. The Labute approximate surface area is 115 Å². The molecule has 2 N–H and O–H groups in total. The second kappa shape index (κ2) is 4.78. The minimum atomic E-state index is 0.507. The summed E-state index contributed by atoms with van der Waals surface area (Å²) in [4.78, 5) is 9.89. The molecule has 0 unspecified atom stereocenters. The van der Waals surface area contributed by atoms with Gasteiger partial charge in [-0.15, -0.1) is 0 Å². The number of hydrogen-bond donors (Lipinski definition) is 1. The Hall–Kier alpha value is -1.26. The molecule has 1 aliphatic rings. The Bertz CT molecular complexity index is 584. The van der Waals surface area contributed by atoms with Gasteiger partial charge in [-0.05, 0) is 31.0 Å². The Morgan fingerprint density at radius 1 is 1.22 bits per heavy atom. The second-order valence-electron chi connectivity index (χ2n) is 4.32. The summed E-state index contributed by atoms with van der Waals surface area (Å²) >= 11 is 7.52. The SMILES string of the molecule is Nc1cc(Sc2cccc(Cl)c2)nc(C2CC2)n1. The van der Waals surface area contributed by atoms with E-state index in [1.165, 1.54) is 12.8 Å². The molecule has 0 spiro atoms. The van der Waals surface area contributed by atoms with E-state index in [0.717, 1.165) is 20.8 Å². The molecule has 3 nitrogen and oxygen atoms in total. The van der Waals surface area contributed by atoms with Crippen LogP contribution in [0.2, 0.25) is 5.02 Å². The van der Waals surface area contributed by atoms with E-state index in [-0.39, 0.29) is 0 Å². The number of nitrogens with zero attached hydrogens (tertiary/aromatic N) is 2. The smallest absolute Gasteiger partial charge is 0.135 e. The zero-order valence-electron chi connectivity index (χ0n) is 9.64. The average Bonchev–Trinajstić information content (AvgIpc) is 3.11. The first-order valence-electron chi connectivity index (χ1n) is 5.78. The van der Waals surface area contributed by atoms with Crippen LogP contribution >= 0.6 is 23.4 Å². The Kier molecular flexibility index (Phi) is 3.14. The molecule has 1 aromatic heterocycles. The maximum atomic E-state index is 5.96.